The Balaban J connectivity index is 1.91. The van der Waals surface area contributed by atoms with E-state index in [1.165, 1.54) is 12.4 Å². The van der Waals surface area contributed by atoms with Gasteiger partial charge in [0.15, 0.2) is 0 Å². The lowest BCUT2D eigenvalue weighted by atomic mass is 9.87. The first-order valence-corrected chi connectivity index (χ1v) is 9.01. The first-order valence-electron chi connectivity index (χ1n) is 9.01. The summed E-state index contributed by atoms with van der Waals surface area (Å²) in [6.07, 6.45) is 6.94. The van der Waals surface area contributed by atoms with Crippen LogP contribution in [-0.2, 0) is 0 Å². The topological polar surface area (TPSA) is 134 Å². The van der Waals surface area contributed by atoms with Crippen molar-refractivity contribution in [2.24, 2.45) is 0 Å². The summed E-state index contributed by atoms with van der Waals surface area (Å²) in [5.41, 5.74) is -0.153. The van der Waals surface area contributed by atoms with Crippen molar-refractivity contribution in [3.8, 4) is 0 Å². The Morgan fingerprint density at radius 3 is 2.62 bits per heavy atom. The molecule has 3 atom stereocenters. The van der Waals surface area contributed by atoms with Crippen molar-refractivity contribution in [2.75, 3.05) is 18.0 Å². The lowest BCUT2D eigenvalue weighted by Gasteiger charge is -2.45. The van der Waals surface area contributed by atoms with Gasteiger partial charge in [0.1, 0.15) is 12.4 Å². The summed E-state index contributed by atoms with van der Waals surface area (Å²) in [5.74, 6) is 0.424. The van der Waals surface area contributed by atoms with Gasteiger partial charge in [0, 0.05) is 12.6 Å². The summed E-state index contributed by atoms with van der Waals surface area (Å²) >= 11 is 0. The Bertz CT molecular complexity index is 634. The third-order valence-corrected chi connectivity index (χ3v) is 5.13. The quantitative estimate of drug-likeness (QED) is 0.529. The monoisotopic (exact) mass is 364 g/mol. The van der Waals surface area contributed by atoms with Crippen molar-refractivity contribution < 1.29 is 14.8 Å². The maximum absolute atomic E-state index is 11.2. The number of carboxylic acid groups (broad SMARTS) is 1. The lowest BCUT2D eigenvalue weighted by Crippen LogP contribution is -2.59. The van der Waals surface area contributed by atoms with E-state index in [4.69, 9.17) is 0 Å². The third-order valence-electron chi connectivity index (χ3n) is 5.13. The molecular formula is C16H24N6O4. The number of anilines is 1. The molecule has 1 aromatic rings. The number of hydrogen-bond acceptors (Lipinski definition) is 7. The highest BCUT2D eigenvalue weighted by atomic mass is 16.6. The molecule has 3 N–H and O–H groups in total. The van der Waals surface area contributed by atoms with Crippen molar-refractivity contribution in [2.45, 2.75) is 56.7 Å². The number of carbonyl (C=O) groups is 1. The first-order chi connectivity index (χ1) is 12.6. The average molecular weight is 364 g/mol. The van der Waals surface area contributed by atoms with Crippen LogP contribution < -0.4 is 15.5 Å². The lowest BCUT2D eigenvalue weighted by molar-refractivity contribution is -0.385. The van der Waals surface area contributed by atoms with Crippen LogP contribution in [0.25, 0.3) is 0 Å². The van der Waals surface area contributed by atoms with Crippen LogP contribution in [0.2, 0.25) is 0 Å². The summed E-state index contributed by atoms with van der Waals surface area (Å²) in [5, 5.41) is 26.1. The van der Waals surface area contributed by atoms with E-state index in [1.807, 2.05) is 0 Å². The number of nitro groups is 1. The van der Waals surface area contributed by atoms with Gasteiger partial charge in [-0.2, -0.15) is 0 Å². The van der Waals surface area contributed by atoms with E-state index in [1.54, 1.807) is 0 Å². The normalized spacial score (nSPS) is 26.1. The van der Waals surface area contributed by atoms with Gasteiger partial charge in [-0.25, -0.2) is 14.8 Å². The van der Waals surface area contributed by atoms with Gasteiger partial charge in [0.2, 0.25) is 5.95 Å². The van der Waals surface area contributed by atoms with Gasteiger partial charge in [-0.15, -0.1) is 0 Å². The number of amides is 1. The third kappa shape index (κ3) is 4.18. The summed E-state index contributed by atoms with van der Waals surface area (Å²) in [6.45, 7) is 1.71. The molecule has 0 unspecified atom stereocenters. The molecule has 1 saturated carbocycles. The molecule has 1 aliphatic heterocycles. The number of hydrogen-bond donors (Lipinski definition) is 3. The van der Waals surface area contributed by atoms with Gasteiger partial charge in [-0.05, 0) is 32.2 Å². The van der Waals surface area contributed by atoms with Crippen molar-refractivity contribution in [3.63, 3.8) is 0 Å². The number of aromatic nitrogens is 2. The van der Waals surface area contributed by atoms with Crippen molar-refractivity contribution >= 4 is 17.7 Å². The van der Waals surface area contributed by atoms with E-state index in [9.17, 15) is 20.0 Å². The highest BCUT2D eigenvalue weighted by Gasteiger charge is 2.37. The fraction of sp³-hybridized carbons (Fsp3) is 0.688. The molecule has 1 saturated heterocycles. The zero-order valence-electron chi connectivity index (χ0n) is 14.5. The van der Waals surface area contributed by atoms with Gasteiger partial charge in [0.25, 0.3) is 0 Å². The van der Waals surface area contributed by atoms with Gasteiger partial charge < -0.3 is 20.6 Å². The van der Waals surface area contributed by atoms with Crippen LogP contribution in [0, 0.1) is 10.1 Å². The molecule has 1 amide bonds. The van der Waals surface area contributed by atoms with E-state index in [0.717, 1.165) is 51.6 Å². The second kappa shape index (κ2) is 8.26. The highest BCUT2D eigenvalue weighted by Crippen LogP contribution is 2.30. The Labute approximate surface area is 151 Å². The van der Waals surface area contributed by atoms with E-state index in [-0.39, 0.29) is 23.8 Å². The predicted octanol–water partition coefficient (Wildman–Crippen LogP) is 1.52. The fourth-order valence-corrected chi connectivity index (χ4v) is 3.97. The Kier molecular flexibility index (Phi) is 5.82. The summed E-state index contributed by atoms with van der Waals surface area (Å²) in [4.78, 5) is 32.1. The molecule has 2 aliphatic rings. The molecule has 26 heavy (non-hydrogen) atoms. The zero-order valence-corrected chi connectivity index (χ0v) is 14.5. The van der Waals surface area contributed by atoms with Crippen LogP contribution in [0.15, 0.2) is 12.4 Å². The number of piperidine rings is 1. The summed E-state index contributed by atoms with van der Waals surface area (Å²) < 4.78 is 0. The van der Waals surface area contributed by atoms with Gasteiger partial charge in [-0.1, -0.05) is 12.8 Å². The van der Waals surface area contributed by atoms with E-state index in [0.29, 0.717) is 5.95 Å². The molecule has 3 rings (SSSR count). The van der Waals surface area contributed by atoms with Crippen LogP contribution in [0.3, 0.4) is 0 Å². The van der Waals surface area contributed by atoms with Crippen molar-refractivity contribution in [1.29, 1.82) is 0 Å². The Hall–Kier alpha value is -2.49. The molecule has 10 nitrogen and oxygen atoms in total. The molecule has 0 bridgehead atoms. The molecule has 142 valence electrons. The molecule has 10 heteroatoms. The highest BCUT2D eigenvalue weighted by molar-refractivity contribution is 5.65. The molecule has 2 fully saturated rings. The van der Waals surface area contributed by atoms with Gasteiger partial charge >= 0.3 is 11.8 Å². The minimum absolute atomic E-state index is 0.0637. The summed E-state index contributed by atoms with van der Waals surface area (Å²) in [6, 6.07) is -0.139. The second-order valence-corrected chi connectivity index (χ2v) is 6.81. The molecule has 0 radical (unpaired) electrons. The largest absolute Gasteiger partial charge is 0.465 e. The Morgan fingerprint density at radius 2 is 2.00 bits per heavy atom. The second-order valence-electron chi connectivity index (χ2n) is 6.81. The molecule has 1 aromatic heterocycles. The SMILES string of the molecule is O=C(O)N[C@@H]1CCCC[C@H]1N(c1ncc([N+](=O)[O-])cn1)[C@H]1CCCNC1. The van der Waals surface area contributed by atoms with Crippen LogP contribution in [0.5, 0.6) is 0 Å². The van der Waals surface area contributed by atoms with Gasteiger partial charge in [-0.3, -0.25) is 10.1 Å². The van der Waals surface area contributed by atoms with Crippen LogP contribution in [0.4, 0.5) is 16.4 Å². The fourth-order valence-electron chi connectivity index (χ4n) is 3.97. The molecule has 2 heterocycles. The van der Waals surface area contributed by atoms with E-state index >= 15 is 0 Å². The standard InChI is InChI=1S/C16H24N6O4/c23-16(24)20-13-5-1-2-6-14(13)21(11-4-3-7-17-8-11)15-18-9-12(10-19-15)22(25)26/h9-11,13-14,17,20H,1-8H2,(H,23,24)/t11-,13+,14+/m0/s1. The van der Waals surface area contributed by atoms with Crippen LogP contribution >= 0.6 is 0 Å². The maximum atomic E-state index is 11.2. The number of nitrogens with zero attached hydrogens (tertiary/aromatic N) is 4. The van der Waals surface area contributed by atoms with Crippen LogP contribution in [0.1, 0.15) is 38.5 Å². The number of nitrogens with one attached hydrogen (secondary N) is 2. The average Bonchev–Trinajstić information content (AvgIpc) is 2.64. The van der Waals surface area contributed by atoms with Crippen molar-refractivity contribution in [1.82, 2.24) is 20.6 Å². The molecular weight excluding hydrogens is 340 g/mol. The Morgan fingerprint density at radius 1 is 1.27 bits per heavy atom. The minimum Gasteiger partial charge on any atom is -0.465 e. The van der Waals surface area contributed by atoms with E-state index in [2.05, 4.69) is 25.5 Å². The molecule has 0 aromatic carbocycles. The molecule has 0 spiro atoms. The predicted molar refractivity (Wildman–Crippen MR) is 94.3 cm³/mol. The minimum atomic E-state index is -1.03. The molecule has 1 aliphatic carbocycles. The smallest absolute Gasteiger partial charge is 0.404 e. The number of rotatable bonds is 5. The zero-order chi connectivity index (χ0) is 18.5. The maximum Gasteiger partial charge on any atom is 0.404 e. The van der Waals surface area contributed by atoms with Crippen LogP contribution in [-0.4, -0.2) is 57.3 Å². The van der Waals surface area contributed by atoms with Crippen molar-refractivity contribution in [3.05, 3.63) is 22.5 Å². The summed E-state index contributed by atoms with van der Waals surface area (Å²) in [7, 11) is 0. The van der Waals surface area contributed by atoms with E-state index < -0.39 is 11.0 Å². The van der Waals surface area contributed by atoms with Gasteiger partial charge in [0.05, 0.1) is 17.0 Å². The first kappa shape index (κ1) is 18.3.